The van der Waals surface area contributed by atoms with Crippen molar-refractivity contribution in [3.8, 4) is 0 Å². The van der Waals surface area contributed by atoms with Crippen LogP contribution >= 0.6 is 0 Å². The zero-order chi connectivity index (χ0) is 102. The Kier molecular flexibility index (Phi) is 54.0. The van der Waals surface area contributed by atoms with Crippen molar-refractivity contribution in [2.75, 3.05) is 68.1 Å². The van der Waals surface area contributed by atoms with Gasteiger partial charge in [0.25, 0.3) is 0 Å². The molecule has 38 heteroatoms. The average Bonchev–Trinajstić information content (AvgIpc) is 1.02. The smallest absolute Gasteiger partial charge is 0.244 e. The van der Waals surface area contributed by atoms with Gasteiger partial charge in [0.05, 0.1) is 85.5 Å². The molecule has 8 aliphatic rings. The summed E-state index contributed by atoms with van der Waals surface area (Å²) in [6.07, 6.45) is 13.3. The first kappa shape index (κ1) is 121. The number of nitrogens with zero attached hydrogens (tertiary/aromatic N) is 5. The number of likely N-dealkylation sites (N-methyl/N-ethyl adjacent to an activating group) is 4. The lowest BCUT2D eigenvalue weighted by atomic mass is 9.80. The van der Waals surface area contributed by atoms with E-state index < -0.39 is 197 Å². The molecule has 23 unspecified atom stereocenters. The summed E-state index contributed by atoms with van der Waals surface area (Å²) in [5.74, 6) is -0.582. The molecule has 0 radical (unpaired) electrons. The molecule has 0 aromatic carbocycles. The molecule has 35 atom stereocenters. The Bertz CT molecular complexity index is 3990. The Labute approximate surface area is 819 Å². The molecule has 790 valence electrons. The molecule has 0 aromatic rings. The van der Waals surface area contributed by atoms with E-state index in [4.69, 9.17) is 103 Å². The zero-order valence-corrected chi connectivity index (χ0v) is 85.5. The fraction of sp³-hybridized carbons (Fsp3) is 0.770. The van der Waals surface area contributed by atoms with Crippen LogP contribution in [0.2, 0.25) is 0 Å². The largest absolute Gasteiger partial charge is 0.394 e. The highest BCUT2D eigenvalue weighted by atomic mass is 16.8. The van der Waals surface area contributed by atoms with Gasteiger partial charge in [-0.05, 0) is 237 Å². The molecule has 0 spiro atoms. The first-order chi connectivity index (χ1) is 65.4. The Morgan fingerprint density at radius 1 is 0.464 bits per heavy atom. The predicted octanol–water partition coefficient (Wildman–Crippen LogP) is 3.31. The van der Waals surface area contributed by atoms with E-state index in [0.717, 1.165) is 108 Å². The third-order valence-corrected chi connectivity index (χ3v) is 26.7. The number of carbonyl (C=O) groups is 2. The standard InChI is InChI=1S/C35H61N5O12.C33H59N5O5.C32H57N5O6/c1-16(2)8-6-9-17(3)10-7-11-18(4)12-13-40-32-27(45)26(44)30(31(38)51-32)50-33-19(36)14-20-29(49-33)25(43)23(39-5)34(47-20)52-35-28(46)24(42)22(37)21(15-41)48-35;1-8-36-20-25-15-16-26(34)33(42-25)43-32-27(35)19-28(41-7)30(31(32)40)38(6)29(39)21-37-18-17-24(5)14-10-13-23(4)12-9-11-22(2)3;1-19(2)10-8-11-20(3)12-9-13-21(4)16-17-36-18-25(38)37(6)27-29(40)30(26(35)28(39)31(27)41-7)43-32-23(34)14-15-24(42-32)22(5)33/h8,10,12-13,19-35,39,41-46H,6-7,9,11,14-15,36-38H2,1-5H3;11,13,17-18,25-28,30-33,36,40H,8-10,12,14-16,19-21,34-35H2,1-7H3;10,12,16-17,22-24,26-32,39-40H,8-9,11,13-15,18,33-35H2,1-7H3/b17-10+,18-12+,40-13?;23-13+,24-17+,37-18?;20-12+,21-16+,36-17?/t;25?,26?,27?,28-,30?,31-,32-,33+;22?,23-,24+,26+,27+,28+,29-,30?,31-,32-/m.01/s1. The number of ether oxygens (including phenoxy) is 12. The van der Waals surface area contributed by atoms with Gasteiger partial charge in [-0.25, -0.2) is 0 Å². The van der Waals surface area contributed by atoms with E-state index in [0.29, 0.717) is 25.8 Å². The Morgan fingerprint density at radius 2 is 0.942 bits per heavy atom. The van der Waals surface area contributed by atoms with Crippen LogP contribution in [0.3, 0.4) is 0 Å². The van der Waals surface area contributed by atoms with Crippen molar-refractivity contribution in [3.05, 3.63) is 105 Å². The highest BCUT2D eigenvalue weighted by Crippen LogP contribution is 2.38. The first-order valence-electron chi connectivity index (χ1n) is 49.4. The maximum Gasteiger partial charge on any atom is 0.244 e. The van der Waals surface area contributed by atoms with Crippen LogP contribution in [0.15, 0.2) is 120 Å². The maximum absolute atomic E-state index is 13.1. The van der Waals surface area contributed by atoms with Crippen LogP contribution in [-0.2, 0) is 66.4 Å². The third kappa shape index (κ3) is 37.8. The number of methoxy groups -OCH3 is 2. The molecule has 8 rings (SSSR count). The Morgan fingerprint density at radius 3 is 1.44 bits per heavy atom. The van der Waals surface area contributed by atoms with Gasteiger partial charge in [-0.2, -0.15) is 0 Å². The van der Waals surface area contributed by atoms with Crippen LogP contribution in [0.1, 0.15) is 213 Å². The molecule has 6 heterocycles. The normalized spacial score (nSPS) is 36.1. The summed E-state index contributed by atoms with van der Waals surface area (Å²) in [5, 5.41) is 104. The predicted molar refractivity (Wildman–Crippen MR) is 534 cm³/mol. The number of aliphatic hydroxyl groups excluding tert-OH is 9. The summed E-state index contributed by atoms with van der Waals surface area (Å²) in [7, 11) is 7.72. The summed E-state index contributed by atoms with van der Waals surface area (Å²) < 4.78 is 70.9. The molecule has 6 saturated heterocycles. The van der Waals surface area contributed by atoms with E-state index >= 15 is 0 Å². The number of amides is 2. The quantitative estimate of drug-likeness (QED) is 0.0307. The summed E-state index contributed by atoms with van der Waals surface area (Å²) in [5.41, 5.74) is 61.4. The molecular formula is C100H177N15O23. The molecule has 6 aliphatic heterocycles. The summed E-state index contributed by atoms with van der Waals surface area (Å²) >= 11 is 0. The minimum absolute atomic E-state index is 0.0257. The van der Waals surface area contributed by atoms with Crippen molar-refractivity contribution in [2.24, 2.45) is 60.8 Å². The van der Waals surface area contributed by atoms with Crippen molar-refractivity contribution in [2.45, 2.75) is 427 Å². The van der Waals surface area contributed by atoms with Gasteiger partial charge >= 0.3 is 0 Å². The molecule has 138 heavy (non-hydrogen) atoms. The summed E-state index contributed by atoms with van der Waals surface area (Å²) in [6.45, 7) is 30.0. The minimum Gasteiger partial charge on any atom is -0.394 e. The van der Waals surface area contributed by atoms with Crippen molar-refractivity contribution < 1.29 is 112 Å². The third-order valence-electron chi connectivity index (χ3n) is 26.7. The molecule has 2 aliphatic carbocycles. The lowest BCUT2D eigenvalue weighted by molar-refractivity contribution is -0.375. The SMILES string of the molecule is CCNCC1CCC(N)[C@@H](O[C@H]2C(N)C[C@H](OC)C(N(C)C(=O)CN=C/C=C(\C)CC/C=C(\C)CCC=C(C)C)[C@@H]2O)O1.CNC1C(OC2OC(CO)C(N)C(O)C2O)OC2CC(N)C(OC3C(N)OC(N=C/C=C(\C)CC/C=C(\C)CCC=C(C)C)C(O)C3O)OC2C1O.CO[C@H]1[C@@H](O)[C@H](N)C(O[C@H]2O[C@H](C(C)N)CC[C@H]2N)[C@H](O)[C@@H]1N(C)C(=O)CN=C/C=C(\C)CC/C=C(\C)CCC=C(C)C. The average molecular weight is 1960 g/mol. The molecule has 2 saturated carbocycles. The fourth-order valence-corrected chi connectivity index (χ4v) is 17.9. The molecule has 0 aromatic heterocycles. The van der Waals surface area contributed by atoms with Crippen LogP contribution in [0.25, 0.3) is 0 Å². The highest BCUT2D eigenvalue weighted by Gasteiger charge is 2.57. The van der Waals surface area contributed by atoms with Crippen molar-refractivity contribution >= 4 is 30.5 Å². The molecular weight excluding hydrogens is 1780 g/mol. The number of aliphatic imine (C=N–C) groups is 3. The van der Waals surface area contributed by atoms with Gasteiger partial charge in [-0.1, -0.05) is 93.5 Å². The van der Waals surface area contributed by atoms with Crippen LogP contribution in [0.4, 0.5) is 0 Å². The van der Waals surface area contributed by atoms with Gasteiger partial charge in [0.2, 0.25) is 11.8 Å². The number of fused-ring (bicyclic) bond motifs is 1. The Balaban J connectivity index is 0.000000320. The first-order valence-corrected chi connectivity index (χ1v) is 49.4. The fourth-order valence-electron chi connectivity index (χ4n) is 17.9. The van der Waals surface area contributed by atoms with E-state index in [9.17, 15) is 55.5 Å². The molecule has 2 amide bonds. The van der Waals surface area contributed by atoms with Gasteiger partial charge < -0.3 is 169 Å². The molecule has 38 nitrogen and oxygen atoms in total. The lowest BCUT2D eigenvalue weighted by Crippen LogP contribution is -2.72. The number of allylic oxidation sites excluding steroid dienone is 18. The molecule has 27 N–H and O–H groups in total. The van der Waals surface area contributed by atoms with Crippen LogP contribution in [-0.4, -0.2) is 369 Å². The van der Waals surface area contributed by atoms with Crippen LogP contribution in [0, 0.1) is 0 Å². The van der Waals surface area contributed by atoms with Gasteiger partial charge in [-0.3, -0.25) is 24.6 Å². The number of nitrogens with two attached hydrogens (primary N) is 8. The van der Waals surface area contributed by atoms with Crippen molar-refractivity contribution in [1.29, 1.82) is 0 Å². The second-order valence-electron chi connectivity index (χ2n) is 39.2. The lowest BCUT2D eigenvalue weighted by Gasteiger charge is -2.51. The second-order valence-corrected chi connectivity index (χ2v) is 39.2. The van der Waals surface area contributed by atoms with E-state index in [1.807, 2.05) is 45.9 Å². The number of hydrogen-bond donors (Lipinski definition) is 19. The number of aliphatic hydroxyl groups is 9. The number of hydrogen-bond acceptors (Lipinski definition) is 36. The number of carbonyl (C=O) groups excluding carboxylic acids is 2. The summed E-state index contributed by atoms with van der Waals surface area (Å²) in [6, 6.07) is -6.94. The highest BCUT2D eigenvalue weighted by molar-refractivity contribution is 5.82. The topological polar surface area (TPSA) is 603 Å². The zero-order valence-electron chi connectivity index (χ0n) is 85.5. The van der Waals surface area contributed by atoms with Crippen molar-refractivity contribution in [3.63, 3.8) is 0 Å². The monoisotopic (exact) mass is 1960 g/mol. The molecule has 0 bridgehead atoms. The van der Waals surface area contributed by atoms with E-state index in [1.54, 1.807) is 40.7 Å². The number of rotatable bonds is 44. The van der Waals surface area contributed by atoms with E-state index in [1.165, 1.54) is 62.1 Å². The van der Waals surface area contributed by atoms with E-state index in [2.05, 4.69) is 131 Å². The van der Waals surface area contributed by atoms with E-state index in [-0.39, 0.29) is 55.6 Å². The maximum atomic E-state index is 13.1. The van der Waals surface area contributed by atoms with Gasteiger partial charge in [0.1, 0.15) is 98.7 Å². The summed E-state index contributed by atoms with van der Waals surface area (Å²) in [4.78, 5) is 42.0. The van der Waals surface area contributed by atoms with Gasteiger partial charge in [0.15, 0.2) is 37.7 Å². The van der Waals surface area contributed by atoms with Crippen LogP contribution in [0.5, 0.6) is 0 Å². The van der Waals surface area contributed by atoms with Gasteiger partial charge in [-0.15, -0.1) is 0 Å². The molecule has 8 fully saturated rings. The van der Waals surface area contributed by atoms with Crippen LogP contribution < -0.4 is 56.5 Å². The second kappa shape index (κ2) is 61.6. The minimum atomic E-state index is -1.56. The van der Waals surface area contributed by atoms with Gasteiger partial charge in [0, 0.05) is 65.6 Å². The van der Waals surface area contributed by atoms with Crippen molar-refractivity contribution in [1.82, 2.24) is 20.4 Å². The Hall–Kier alpha value is -5.63. The number of nitrogens with one attached hydrogen (secondary N) is 2.